The van der Waals surface area contributed by atoms with Crippen molar-refractivity contribution in [3.63, 3.8) is 0 Å². The summed E-state index contributed by atoms with van der Waals surface area (Å²) in [5.74, 6) is -3.73. The summed E-state index contributed by atoms with van der Waals surface area (Å²) in [4.78, 5) is 61.1. The Morgan fingerprint density at radius 3 is 2.24 bits per heavy atom. The number of nitro groups is 1. The predicted octanol–water partition coefficient (Wildman–Crippen LogP) is 3.89. The molecule has 0 bridgehead atoms. The van der Waals surface area contributed by atoms with E-state index in [2.05, 4.69) is 5.32 Å². The van der Waals surface area contributed by atoms with Crippen LogP contribution in [0.15, 0.2) is 48.5 Å². The Morgan fingerprint density at radius 2 is 1.70 bits per heavy atom. The number of ether oxygens (including phenoxy) is 1. The molecule has 198 valence electrons. The van der Waals surface area contributed by atoms with Crippen molar-refractivity contribution in [3.05, 3.63) is 69.8 Å². The number of carbonyl (C=O) groups excluding carboxylic acids is 4. The van der Waals surface area contributed by atoms with Gasteiger partial charge in [0.15, 0.2) is 5.78 Å². The number of carbonyl (C=O) groups is 4. The minimum atomic E-state index is -4.94. The van der Waals surface area contributed by atoms with Crippen LogP contribution in [0.25, 0.3) is 0 Å². The lowest BCUT2D eigenvalue weighted by molar-refractivity contribution is -0.384. The zero-order chi connectivity index (χ0) is 27.8. The van der Waals surface area contributed by atoms with E-state index in [1.807, 2.05) is 0 Å². The quantitative estimate of drug-likeness (QED) is 0.204. The van der Waals surface area contributed by atoms with E-state index in [-0.39, 0.29) is 42.1 Å². The second kappa shape index (κ2) is 12.6. The summed E-state index contributed by atoms with van der Waals surface area (Å²) >= 11 is 0. The van der Waals surface area contributed by atoms with Gasteiger partial charge in [-0.05, 0) is 43.7 Å². The Labute approximate surface area is 209 Å². The molecule has 2 aromatic rings. The Bertz CT molecular complexity index is 1170. The van der Waals surface area contributed by atoms with E-state index in [9.17, 15) is 42.5 Å². The molecule has 0 aromatic heterocycles. The Morgan fingerprint density at radius 1 is 1.08 bits per heavy atom. The lowest BCUT2D eigenvalue weighted by Gasteiger charge is -2.33. The number of halogens is 3. The molecule has 0 saturated heterocycles. The number of nitrogens with zero attached hydrogens (tertiary/aromatic N) is 2. The summed E-state index contributed by atoms with van der Waals surface area (Å²) in [5, 5.41) is 13.5. The number of ketones is 1. The summed E-state index contributed by atoms with van der Waals surface area (Å²) in [6.45, 7) is 2.56. The summed E-state index contributed by atoms with van der Waals surface area (Å²) in [6, 6.07) is 7.85. The van der Waals surface area contributed by atoms with Crippen LogP contribution in [0.5, 0.6) is 0 Å². The van der Waals surface area contributed by atoms with Crippen LogP contribution in [0.1, 0.15) is 48.7 Å². The molecule has 0 spiro atoms. The first-order valence-corrected chi connectivity index (χ1v) is 11.0. The van der Waals surface area contributed by atoms with Gasteiger partial charge >= 0.3 is 12.1 Å². The number of para-hydroxylation sites is 1. The fourth-order valence-electron chi connectivity index (χ4n) is 3.47. The number of anilines is 1. The van der Waals surface area contributed by atoms with Crippen LogP contribution in [-0.4, -0.2) is 47.8 Å². The number of alkyl halides is 3. The molecule has 0 heterocycles. The van der Waals surface area contributed by atoms with Crippen LogP contribution < -0.4 is 10.2 Å². The molecule has 10 nitrogen and oxygen atoms in total. The third-order valence-electron chi connectivity index (χ3n) is 5.02. The largest absolute Gasteiger partial charge is 0.466 e. The van der Waals surface area contributed by atoms with Crippen molar-refractivity contribution in [2.24, 2.45) is 0 Å². The van der Waals surface area contributed by atoms with E-state index in [0.29, 0.717) is 4.90 Å². The van der Waals surface area contributed by atoms with Gasteiger partial charge in [-0.25, -0.2) is 0 Å². The number of amides is 2. The SMILES string of the molecule is CCOC(=O)CCNC(=O)[C@H](c1ccc([N+](=O)[O-])cc1)N(C(=O)CC(F)(F)F)c1ccccc1C(C)=O. The number of nitrogens with one attached hydrogen (secondary N) is 1. The number of esters is 1. The molecular formula is C24H24F3N3O7. The molecule has 1 atom stereocenters. The lowest BCUT2D eigenvalue weighted by atomic mass is 9.99. The van der Waals surface area contributed by atoms with Crippen LogP contribution in [0.4, 0.5) is 24.5 Å². The third-order valence-corrected chi connectivity index (χ3v) is 5.02. The minimum absolute atomic E-state index is 0.0619. The van der Waals surface area contributed by atoms with Gasteiger partial charge < -0.3 is 10.1 Å². The maximum absolute atomic E-state index is 13.3. The molecule has 37 heavy (non-hydrogen) atoms. The first-order chi connectivity index (χ1) is 17.4. The van der Waals surface area contributed by atoms with Gasteiger partial charge in [0, 0.05) is 24.2 Å². The van der Waals surface area contributed by atoms with Crippen molar-refractivity contribution in [2.45, 2.75) is 38.9 Å². The highest BCUT2D eigenvalue weighted by atomic mass is 19.4. The highest BCUT2D eigenvalue weighted by Crippen LogP contribution is 2.34. The monoisotopic (exact) mass is 523 g/mol. The molecule has 13 heteroatoms. The smallest absolute Gasteiger partial charge is 0.397 e. The summed E-state index contributed by atoms with van der Waals surface area (Å²) in [7, 11) is 0. The molecular weight excluding hydrogens is 499 g/mol. The normalized spacial score (nSPS) is 11.8. The van der Waals surface area contributed by atoms with Crippen molar-refractivity contribution < 1.29 is 42.0 Å². The number of rotatable bonds is 11. The Hall–Kier alpha value is -4.29. The Kier molecular flexibility index (Phi) is 9.86. The molecule has 0 radical (unpaired) electrons. The average Bonchev–Trinajstić information content (AvgIpc) is 2.81. The number of non-ortho nitro benzene ring substituents is 1. The fourth-order valence-corrected chi connectivity index (χ4v) is 3.47. The summed E-state index contributed by atoms with van der Waals surface area (Å²) < 4.78 is 44.6. The molecule has 0 fully saturated rings. The number of hydrogen-bond donors (Lipinski definition) is 1. The van der Waals surface area contributed by atoms with Crippen LogP contribution in [0.2, 0.25) is 0 Å². The van der Waals surface area contributed by atoms with Gasteiger partial charge in [0.1, 0.15) is 12.5 Å². The molecule has 0 saturated carbocycles. The molecule has 0 aliphatic rings. The second-order valence-electron chi connectivity index (χ2n) is 7.73. The van der Waals surface area contributed by atoms with Crippen LogP contribution in [0.3, 0.4) is 0 Å². The van der Waals surface area contributed by atoms with Gasteiger partial charge in [0.05, 0.1) is 23.6 Å². The van der Waals surface area contributed by atoms with Crippen molar-refractivity contribution in [2.75, 3.05) is 18.1 Å². The molecule has 1 N–H and O–H groups in total. The molecule has 0 aliphatic heterocycles. The zero-order valence-electron chi connectivity index (χ0n) is 19.9. The Balaban J connectivity index is 2.64. The molecule has 2 rings (SSSR count). The third kappa shape index (κ3) is 8.12. The van der Waals surface area contributed by atoms with E-state index in [1.54, 1.807) is 6.92 Å². The molecule has 0 unspecified atom stereocenters. The van der Waals surface area contributed by atoms with Crippen molar-refractivity contribution in [1.82, 2.24) is 5.32 Å². The van der Waals surface area contributed by atoms with Gasteiger partial charge in [-0.3, -0.25) is 34.2 Å². The maximum atomic E-state index is 13.3. The number of hydrogen-bond acceptors (Lipinski definition) is 7. The number of Topliss-reactive ketones (excluding diaryl/α,β-unsaturated/α-hetero) is 1. The van der Waals surface area contributed by atoms with Crippen LogP contribution in [-0.2, 0) is 19.1 Å². The second-order valence-corrected chi connectivity index (χ2v) is 7.73. The highest BCUT2D eigenvalue weighted by molar-refractivity contribution is 6.08. The predicted molar refractivity (Wildman–Crippen MR) is 125 cm³/mol. The lowest BCUT2D eigenvalue weighted by Crippen LogP contribution is -2.46. The maximum Gasteiger partial charge on any atom is 0.397 e. The first kappa shape index (κ1) is 28.9. The van der Waals surface area contributed by atoms with Crippen molar-refractivity contribution in [3.8, 4) is 0 Å². The van der Waals surface area contributed by atoms with Gasteiger partial charge in [0.2, 0.25) is 11.8 Å². The fraction of sp³-hybridized carbons (Fsp3) is 0.333. The van der Waals surface area contributed by atoms with Crippen LogP contribution in [0, 0.1) is 10.1 Å². The molecule has 2 amide bonds. The van der Waals surface area contributed by atoms with Crippen molar-refractivity contribution >= 4 is 34.9 Å². The van der Waals surface area contributed by atoms with Gasteiger partial charge in [-0.2, -0.15) is 13.2 Å². The van der Waals surface area contributed by atoms with E-state index in [4.69, 9.17) is 4.74 Å². The van der Waals surface area contributed by atoms with E-state index in [1.165, 1.54) is 24.3 Å². The molecule has 2 aromatic carbocycles. The molecule has 0 aliphatic carbocycles. The van der Waals surface area contributed by atoms with Crippen molar-refractivity contribution in [1.29, 1.82) is 0 Å². The highest BCUT2D eigenvalue weighted by Gasteiger charge is 2.40. The van der Waals surface area contributed by atoms with E-state index < -0.39 is 47.1 Å². The van der Waals surface area contributed by atoms with Gasteiger partial charge in [-0.1, -0.05) is 12.1 Å². The first-order valence-electron chi connectivity index (χ1n) is 11.0. The minimum Gasteiger partial charge on any atom is -0.466 e. The number of benzene rings is 2. The average molecular weight is 523 g/mol. The van der Waals surface area contributed by atoms with Gasteiger partial charge in [-0.15, -0.1) is 0 Å². The van der Waals surface area contributed by atoms with E-state index in [0.717, 1.165) is 31.2 Å². The summed E-state index contributed by atoms with van der Waals surface area (Å²) in [5.41, 5.74) is -0.798. The summed E-state index contributed by atoms with van der Waals surface area (Å²) in [6.07, 6.45) is -7.15. The topological polar surface area (TPSA) is 136 Å². The standard InChI is InChI=1S/C24H24F3N3O7/c1-3-37-21(33)12-13-28-23(34)22(16-8-10-17(11-9-16)30(35)36)29(20(32)14-24(25,26)27)19-7-5-4-6-18(19)15(2)31/h4-11,22H,3,12-14H2,1-2H3,(H,28,34)/t22-/m0/s1. The van der Waals surface area contributed by atoms with Gasteiger partial charge in [0.25, 0.3) is 5.69 Å². The zero-order valence-corrected chi connectivity index (χ0v) is 19.9. The van der Waals surface area contributed by atoms with E-state index >= 15 is 0 Å². The number of nitro benzene ring substituents is 1. The van der Waals surface area contributed by atoms with Crippen LogP contribution >= 0.6 is 0 Å².